The molecule has 1 fully saturated rings. The van der Waals surface area contributed by atoms with Gasteiger partial charge >= 0.3 is 23.9 Å². The van der Waals surface area contributed by atoms with Crippen LogP contribution in [0.3, 0.4) is 0 Å². The fourth-order valence-corrected chi connectivity index (χ4v) is 4.27. The molecule has 0 aromatic heterocycles. The van der Waals surface area contributed by atoms with E-state index in [1.807, 2.05) is 0 Å². The fraction of sp³-hybridized carbons (Fsp3) is 0.565. The summed E-state index contributed by atoms with van der Waals surface area (Å²) in [5, 5.41) is 0. The highest BCUT2D eigenvalue weighted by molar-refractivity contribution is 5.69. The lowest BCUT2D eigenvalue weighted by atomic mass is 9.86. The zero-order valence-corrected chi connectivity index (χ0v) is 20.3. The van der Waals surface area contributed by atoms with Crippen molar-refractivity contribution >= 4 is 23.9 Å². The summed E-state index contributed by atoms with van der Waals surface area (Å²) in [7, 11) is 2.91. The van der Waals surface area contributed by atoms with Crippen LogP contribution in [-0.4, -0.2) is 69.1 Å². The van der Waals surface area contributed by atoms with Gasteiger partial charge in [-0.25, -0.2) is 0 Å². The van der Waals surface area contributed by atoms with Crippen LogP contribution in [-0.2, 0) is 60.0 Å². The van der Waals surface area contributed by atoms with Gasteiger partial charge in [-0.05, 0) is 11.6 Å². The minimum Gasteiger partial charge on any atom is -0.497 e. The summed E-state index contributed by atoms with van der Waals surface area (Å²) in [6.07, 6.45) is -5.28. The fourth-order valence-electron chi connectivity index (χ4n) is 4.27. The zero-order valence-electron chi connectivity index (χ0n) is 20.3. The second-order valence-corrected chi connectivity index (χ2v) is 7.96. The molecule has 192 valence electrons. The SMILES string of the molecule is COc1cc2c(c(OC)c1)C1(OC2)O[C@H](COC(C)=O)C(OC(C)=O)C(OC(C)=O)C1OC(C)=O. The first-order valence-electron chi connectivity index (χ1n) is 10.7. The molecular formula is C23H28O12. The third-order valence-electron chi connectivity index (χ3n) is 5.44. The lowest BCUT2D eigenvalue weighted by Crippen LogP contribution is -2.66. The number of rotatable bonds is 7. The van der Waals surface area contributed by atoms with E-state index in [-0.39, 0.29) is 19.0 Å². The van der Waals surface area contributed by atoms with E-state index < -0.39 is 54.1 Å². The van der Waals surface area contributed by atoms with Crippen molar-refractivity contribution in [2.75, 3.05) is 20.8 Å². The van der Waals surface area contributed by atoms with Gasteiger partial charge in [0.1, 0.15) is 24.2 Å². The molecule has 1 saturated heterocycles. The van der Waals surface area contributed by atoms with Gasteiger partial charge in [0.05, 0.1) is 26.4 Å². The molecule has 2 aliphatic rings. The summed E-state index contributed by atoms with van der Waals surface area (Å²) in [5.74, 6) is -3.92. The molecule has 2 heterocycles. The van der Waals surface area contributed by atoms with Crippen molar-refractivity contribution in [2.24, 2.45) is 0 Å². The van der Waals surface area contributed by atoms with Gasteiger partial charge in [-0.2, -0.15) is 0 Å². The van der Waals surface area contributed by atoms with Crippen LogP contribution >= 0.6 is 0 Å². The van der Waals surface area contributed by atoms with Gasteiger partial charge in [0.25, 0.3) is 0 Å². The molecule has 0 radical (unpaired) electrons. The van der Waals surface area contributed by atoms with Gasteiger partial charge in [0.15, 0.2) is 12.2 Å². The Balaban J connectivity index is 2.23. The molecule has 0 N–H and O–H groups in total. The molecule has 1 aromatic rings. The number of esters is 4. The van der Waals surface area contributed by atoms with Crippen molar-refractivity contribution in [1.29, 1.82) is 0 Å². The summed E-state index contributed by atoms with van der Waals surface area (Å²) in [5.41, 5.74) is 0.954. The Morgan fingerprint density at radius 2 is 1.51 bits per heavy atom. The summed E-state index contributed by atoms with van der Waals surface area (Å²) >= 11 is 0. The molecule has 3 rings (SSSR count). The lowest BCUT2D eigenvalue weighted by Gasteiger charge is -2.49. The average Bonchev–Trinajstić information content (AvgIpc) is 3.14. The van der Waals surface area contributed by atoms with Crippen LogP contribution in [0.15, 0.2) is 12.1 Å². The number of hydrogen-bond donors (Lipinski definition) is 0. The molecule has 1 spiro atoms. The van der Waals surface area contributed by atoms with Gasteiger partial charge in [-0.15, -0.1) is 0 Å². The largest absolute Gasteiger partial charge is 0.497 e. The first-order valence-corrected chi connectivity index (χ1v) is 10.7. The second kappa shape index (κ2) is 10.5. The van der Waals surface area contributed by atoms with Crippen LogP contribution < -0.4 is 9.47 Å². The lowest BCUT2D eigenvalue weighted by molar-refractivity contribution is -0.370. The number of carbonyl (C=O) groups excluding carboxylic acids is 4. The van der Waals surface area contributed by atoms with Gasteiger partial charge in [0.2, 0.25) is 11.9 Å². The molecule has 35 heavy (non-hydrogen) atoms. The Kier molecular flexibility index (Phi) is 7.86. The minimum absolute atomic E-state index is 0.00797. The summed E-state index contributed by atoms with van der Waals surface area (Å²) in [6.45, 7) is 4.26. The van der Waals surface area contributed by atoms with Crippen LogP contribution in [0.4, 0.5) is 0 Å². The average molecular weight is 496 g/mol. The summed E-state index contributed by atoms with van der Waals surface area (Å²) in [6, 6.07) is 3.28. The summed E-state index contributed by atoms with van der Waals surface area (Å²) < 4.78 is 44.9. The highest BCUT2D eigenvalue weighted by atomic mass is 16.8. The molecule has 4 unspecified atom stereocenters. The molecule has 0 bridgehead atoms. The van der Waals surface area contributed by atoms with Crippen molar-refractivity contribution < 1.29 is 57.1 Å². The number of ether oxygens (including phenoxy) is 8. The van der Waals surface area contributed by atoms with Crippen LogP contribution in [0.2, 0.25) is 0 Å². The second-order valence-electron chi connectivity index (χ2n) is 7.96. The quantitative estimate of drug-likeness (QED) is 0.395. The van der Waals surface area contributed by atoms with E-state index in [1.165, 1.54) is 21.1 Å². The molecule has 0 aliphatic carbocycles. The Morgan fingerprint density at radius 1 is 0.886 bits per heavy atom. The maximum Gasteiger partial charge on any atom is 0.303 e. The zero-order chi connectivity index (χ0) is 25.9. The predicted molar refractivity (Wildman–Crippen MR) is 114 cm³/mol. The highest BCUT2D eigenvalue weighted by Crippen LogP contribution is 2.52. The van der Waals surface area contributed by atoms with Gasteiger partial charge in [-0.1, -0.05) is 0 Å². The van der Waals surface area contributed by atoms with Crippen molar-refractivity contribution in [1.82, 2.24) is 0 Å². The monoisotopic (exact) mass is 496 g/mol. The molecule has 12 nitrogen and oxygen atoms in total. The van der Waals surface area contributed by atoms with Gasteiger partial charge < -0.3 is 37.9 Å². The van der Waals surface area contributed by atoms with Crippen molar-refractivity contribution in [3.05, 3.63) is 23.3 Å². The molecular weight excluding hydrogens is 468 g/mol. The standard InChI is InChI=1S/C23H28O12/c1-11(24)30-10-18-20(32-12(2)25)21(33-13(3)26)22(34-14(4)27)23(35-18)19-15(9-31-23)7-16(28-5)8-17(19)29-6/h7-8,18,20-22H,9-10H2,1-6H3/t18-,20?,21?,22?,23?/m1/s1. The number of benzene rings is 1. The Morgan fingerprint density at radius 3 is 2.06 bits per heavy atom. The molecule has 0 saturated carbocycles. The van der Waals surface area contributed by atoms with Crippen molar-refractivity contribution in [3.8, 4) is 11.5 Å². The van der Waals surface area contributed by atoms with E-state index in [0.717, 1.165) is 20.8 Å². The van der Waals surface area contributed by atoms with E-state index in [2.05, 4.69) is 0 Å². The highest BCUT2D eigenvalue weighted by Gasteiger charge is 2.65. The molecule has 12 heteroatoms. The van der Waals surface area contributed by atoms with E-state index in [9.17, 15) is 19.2 Å². The normalized spacial score (nSPS) is 26.9. The van der Waals surface area contributed by atoms with Crippen LogP contribution in [0.5, 0.6) is 11.5 Å². The number of methoxy groups -OCH3 is 2. The van der Waals surface area contributed by atoms with E-state index in [1.54, 1.807) is 12.1 Å². The predicted octanol–water partition coefficient (Wildman–Crippen LogP) is 1.14. The van der Waals surface area contributed by atoms with Crippen LogP contribution in [0.25, 0.3) is 0 Å². The van der Waals surface area contributed by atoms with Crippen LogP contribution in [0.1, 0.15) is 38.8 Å². The molecule has 1 aromatic carbocycles. The van der Waals surface area contributed by atoms with E-state index >= 15 is 0 Å². The molecule has 5 atom stereocenters. The van der Waals surface area contributed by atoms with Gasteiger partial charge in [0, 0.05) is 33.8 Å². The third-order valence-corrected chi connectivity index (χ3v) is 5.44. The molecule has 0 amide bonds. The first kappa shape index (κ1) is 26.2. The topological polar surface area (TPSA) is 142 Å². The van der Waals surface area contributed by atoms with Crippen LogP contribution in [0, 0.1) is 0 Å². The maximum absolute atomic E-state index is 12.2. The Hall–Kier alpha value is -3.38. The Bertz CT molecular complexity index is 1000. The van der Waals surface area contributed by atoms with E-state index in [0.29, 0.717) is 16.9 Å². The van der Waals surface area contributed by atoms with Gasteiger partial charge in [-0.3, -0.25) is 19.2 Å². The number of carbonyl (C=O) groups is 4. The minimum atomic E-state index is -1.86. The number of fused-ring (bicyclic) bond motifs is 2. The van der Waals surface area contributed by atoms with E-state index in [4.69, 9.17) is 37.9 Å². The Labute approximate surface area is 201 Å². The number of hydrogen-bond acceptors (Lipinski definition) is 12. The summed E-state index contributed by atoms with van der Waals surface area (Å²) in [4.78, 5) is 47.8. The first-order chi connectivity index (χ1) is 16.5. The maximum atomic E-state index is 12.2. The third kappa shape index (κ3) is 5.33. The smallest absolute Gasteiger partial charge is 0.303 e. The molecule has 2 aliphatic heterocycles. The van der Waals surface area contributed by atoms with Crippen molar-refractivity contribution in [3.63, 3.8) is 0 Å². The van der Waals surface area contributed by atoms with Crippen molar-refractivity contribution in [2.45, 2.75) is 64.5 Å².